The van der Waals surface area contributed by atoms with E-state index in [9.17, 15) is 0 Å². The molecule has 0 aliphatic carbocycles. The molecule has 0 fully saturated rings. The van der Waals surface area contributed by atoms with E-state index in [0.717, 1.165) is 6.54 Å². The molecule has 1 N–H and O–H groups in total. The maximum atomic E-state index is 5.08. The van der Waals surface area contributed by atoms with Crippen LogP contribution in [0.25, 0.3) is 0 Å². The summed E-state index contributed by atoms with van der Waals surface area (Å²) in [6.07, 6.45) is 5.14. The van der Waals surface area contributed by atoms with Crippen LogP contribution in [0.3, 0.4) is 0 Å². The highest BCUT2D eigenvalue weighted by atomic mass is 16.5. The highest BCUT2D eigenvalue weighted by Crippen LogP contribution is 1.87. The van der Waals surface area contributed by atoms with Crippen molar-refractivity contribution in [2.45, 2.75) is 6.10 Å². The first-order valence-corrected chi connectivity index (χ1v) is 3.51. The third-order valence-electron chi connectivity index (χ3n) is 1.28. The van der Waals surface area contributed by atoms with Gasteiger partial charge in [-0.1, -0.05) is 5.92 Å². The van der Waals surface area contributed by atoms with Crippen LogP contribution >= 0.6 is 0 Å². The Hall–Kier alpha value is -0.560. The minimum absolute atomic E-state index is 0.0911. The summed E-state index contributed by atoms with van der Waals surface area (Å²) in [4.78, 5) is 0. The highest BCUT2D eigenvalue weighted by Gasteiger charge is 2.03. The molecule has 1 atom stereocenters. The Bertz CT molecular complexity index is 120. The quantitative estimate of drug-likeness (QED) is 0.430. The number of hydrogen-bond acceptors (Lipinski definition) is 3. The van der Waals surface area contributed by atoms with Crippen molar-refractivity contribution in [3.05, 3.63) is 0 Å². The monoisotopic (exact) mass is 157 g/mol. The van der Waals surface area contributed by atoms with E-state index in [0.29, 0.717) is 13.2 Å². The van der Waals surface area contributed by atoms with Gasteiger partial charge in [0, 0.05) is 20.8 Å². The van der Waals surface area contributed by atoms with Crippen LogP contribution in [-0.2, 0) is 9.47 Å². The van der Waals surface area contributed by atoms with Crippen molar-refractivity contribution in [3.63, 3.8) is 0 Å². The standard InChI is InChI=1S/C8H15NO2/c1-4-5-9-6-8(11-3)7-10-2/h1,8-9H,5-7H2,2-3H3. The summed E-state index contributed by atoms with van der Waals surface area (Å²) in [5, 5.41) is 3.03. The molecule has 0 amide bonds. The van der Waals surface area contributed by atoms with Gasteiger partial charge in [0.25, 0.3) is 0 Å². The van der Waals surface area contributed by atoms with Crippen molar-refractivity contribution >= 4 is 0 Å². The summed E-state index contributed by atoms with van der Waals surface area (Å²) < 4.78 is 9.99. The molecular formula is C8H15NO2. The first-order chi connectivity index (χ1) is 5.35. The van der Waals surface area contributed by atoms with Gasteiger partial charge < -0.3 is 14.8 Å². The van der Waals surface area contributed by atoms with Crippen molar-refractivity contribution < 1.29 is 9.47 Å². The molecule has 0 aromatic heterocycles. The molecular weight excluding hydrogens is 142 g/mol. The summed E-state index contributed by atoms with van der Waals surface area (Å²) >= 11 is 0. The Labute approximate surface area is 68.1 Å². The summed E-state index contributed by atoms with van der Waals surface area (Å²) in [5.74, 6) is 2.48. The van der Waals surface area contributed by atoms with Crippen molar-refractivity contribution in [1.82, 2.24) is 5.32 Å². The fraction of sp³-hybridized carbons (Fsp3) is 0.750. The molecule has 0 aromatic carbocycles. The zero-order chi connectivity index (χ0) is 8.53. The Kier molecular flexibility index (Phi) is 7.16. The molecule has 3 heteroatoms. The third-order valence-corrected chi connectivity index (χ3v) is 1.28. The molecule has 0 saturated carbocycles. The van der Waals surface area contributed by atoms with Crippen molar-refractivity contribution in [1.29, 1.82) is 0 Å². The summed E-state index contributed by atoms with van der Waals surface area (Å²) in [6.45, 7) is 1.90. The lowest BCUT2D eigenvalue weighted by Gasteiger charge is -2.13. The van der Waals surface area contributed by atoms with Crippen molar-refractivity contribution in [3.8, 4) is 12.3 Å². The van der Waals surface area contributed by atoms with Gasteiger partial charge in [-0.05, 0) is 0 Å². The average Bonchev–Trinajstić information content (AvgIpc) is 2.03. The Morgan fingerprint density at radius 3 is 2.73 bits per heavy atom. The lowest BCUT2D eigenvalue weighted by molar-refractivity contribution is 0.0296. The van der Waals surface area contributed by atoms with Gasteiger partial charge >= 0.3 is 0 Å². The first-order valence-electron chi connectivity index (χ1n) is 3.51. The van der Waals surface area contributed by atoms with Crippen LogP contribution in [-0.4, -0.2) is 40.0 Å². The molecule has 0 aliphatic rings. The van der Waals surface area contributed by atoms with E-state index in [1.54, 1.807) is 14.2 Å². The second-order valence-corrected chi connectivity index (χ2v) is 2.15. The van der Waals surface area contributed by atoms with E-state index in [1.165, 1.54) is 0 Å². The van der Waals surface area contributed by atoms with Gasteiger partial charge in [0.2, 0.25) is 0 Å². The Morgan fingerprint density at radius 1 is 1.55 bits per heavy atom. The summed E-state index contributed by atoms with van der Waals surface area (Å²) in [6, 6.07) is 0. The maximum Gasteiger partial charge on any atom is 0.0928 e. The van der Waals surface area contributed by atoms with Crippen LogP contribution in [0.2, 0.25) is 0 Å². The molecule has 0 saturated heterocycles. The molecule has 0 radical (unpaired) electrons. The fourth-order valence-electron chi connectivity index (χ4n) is 0.702. The highest BCUT2D eigenvalue weighted by molar-refractivity contribution is 4.86. The lowest BCUT2D eigenvalue weighted by atomic mass is 10.4. The summed E-state index contributed by atoms with van der Waals surface area (Å²) in [7, 11) is 3.30. The van der Waals surface area contributed by atoms with E-state index in [2.05, 4.69) is 11.2 Å². The third kappa shape index (κ3) is 5.86. The van der Waals surface area contributed by atoms with Gasteiger partial charge in [0.05, 0.1) is 19.3 Å². The largest absolute Gasteiger partial charge is 0.382 e. The first kappa shape index (κ1) is 10.4. The van der Waals surface area contributed by atoms with Crippen LogP contribution in [0.1, 0.15) is 0 Å². The SMILES string of the molecule is C#CCNCC(COC)OC. The molecule has 3 nitrogen and oxygen atoms in total. The van der Waals surface area contributed by atoms with Gasteiger partial charge in [-0.2, -0.15) is 0 Å². The average molecular weight is 157 g/mol. The van der Waals surface area contributed by atoms with Gasteiger partial charge in [-0.3, -0.25) is 0 Å². The van der Waals surface area contributed by atoms with E-state index in [1.807, 2.05) is 0 Å². The minimum Gasteiger partial charge on any atom is -0.382 e. The molecule has 0 spiro atoms. The van der Waals surface area contributed by atoms with Crippen molar-refractivity contribution in [2.75, 3.05) is 33.9 Å². The smallest absolute Gasteiger partial charge is 0.0928 e. The van der Waals surface area contributed by atoms with Crippen molar-refractivity contribution in [2.24, 2.45) is 0 Å². The number of rotatable bonds is 6. The predicted molar refractivity (Wildman–Crippen MR) is 44.4 cm³/mol. The molecule has 0 bridgehead atoms. The van der Waals surface area contributed by atoms with E-state index < -0.39 is 0 Å². The van der Waals surface area contributed by atoms with E-state index >= 15 is 0 Å². The number of nitrogens with one attached hydrogen (secondary N) is 1. The Balaban J connectivity index is 3.29. The van der Waals surface area contributed by atoms with Gasteiger partial charge in [0.1, 0.15) is 0 Å². The minimum atomic E-state index is 0.0911. The zero-order valence-electron chi connectivity index (χ0n) is 7.09. The fourth-order valence-corrected chi connectivity index (χ4v) is 0.702. The molecule has 0 aliphatic heterocycles. The summed E-state index contributed by atoms with van der Waals surface area (Å²) in [5.41, 5.74) is 0. The number of methoxy groups -OCH3 is 2. The van der Waals surface area contributed by atoms with Crippen LogP contribution < -0.4 is 5.32 Å². The van der Waals surface area contributed by atoms with Gasteiger partial charge in [-0.25, -0.2) is 0 Å². The van der Waals surface area contributed by atoms with E-state index in [-0.39, 0.29) is 6.10 Å². The topological polar surface area (TPSA) is 30.5 Å². The molecule has 11 heavy (non-hydrogen) atoms. The molecule has 64 valence electrons. The number of terminal acetylenes is 1. The second-order valence-electron chi connectivity index (χ2n) is 2.15. The molecule has 0 heterocycles. The lowest BCUT2D eigenvalue weighted by Crippen LogP contribution is -2.31. The molecule has 0 aromatic rings. The Morgan fingerprint density at radius 2 is 2.27 bits per heavy atom. The van der Waals surface area contributed by atoms with Gasteiger partial charge in [-0.15, -0.1) is 6.42 Å². The predicted octanol–water partition coefficient (Wildman–Crippen LogP) is -0.129. The number of hydrogen-bond donors (Lipinski definition) is 1. The second kappa shape index (κ2) is 7.55. The van der Waals surface area contributed by atoms with Crippen LogP contribution in [0.5, 0.6) is 0 Å². The number of ether oxygens (including phenoxy) is 2. The van der Waals surface area contributed by atoms with Crippen LogP contribution in [0, 0.1) is 12.3 Å². The van der Waals surface area contributed by atoms with Crippen LogP contribution in [0.4, 0.5) is 0 Å². The molecule has 0 rings (SSSR count). The zero-order valence-corrected chi connectivity index (χ0v) is 7.09. The maximum absolute atomic E-state index is 5.08. The van der Waals surface area contributed by atoms with E-state index in [4.69, 9.17) is 15.9 Å². The van der Waals surface area contributed by atoms with Gasteiger partial charge in [0.15, 0.2) is 0 Å². The molecule has 1 unspecified atom stereocenters. The normalized spacial score (nSPS) is 12.5. The van der Waals surface area contributed by atoms with Crippen LogP contribution in [0.15, 0.2) is 0 Å².